The second-order valence-corrected chi connectivity index (χ2v) is 12.2. The smallest absolute Gasteiger partial charge is 0.223 e. The Labute approximate surface area is 228 Å². The van der Waals surface area contributed by atoms with E-state index in [1.807, 2.05) is 48.7 Å². The maximum Gasteiger partial charge on any atom is 0.223 e. The Morgan fingerprint density at radius 3 is 2.21 bits per heavy atom. The van der Waals surface area contributed by atoms with Crippen LogP contribution >= 0.6 is 0 Å². The fraction of sp³-hybridized carbons (Fsp3) is 0.235. The maximum atomic E-state index is 11.0. The Bertz CT molecular complexity index is 1860. The van der Waals surface area contributed by atoms with E-state index in [0.29, 0.717) is 17.1 Å². The predicted molar refractivity (Wildman–Crippen MR) is 159 cm³/mol. The zero-order chi connectivity index (χ0) is 27.5. The number of phenolic OH excluding ortho intramolecular Hbond substituents is 1. The van der Waals surface area contributed by atoms with Crippen molar-refractivity contribution in [1.29, 1.82) is 0 Å². The molecule has 0 fully saturated rings. The lowest BCUT2D eigenvalue weighted by Crippen LogP contribution is -2.14. The second-order valence-electron chi connectivity index (χ2n) is 12.2. The number of aromatic hydroxyl groups is 1. The quantitative estimate of drug-likeness (QED) is 0.256. The molecular weight excluding hydrogens is 482 g/mol. The van der Waals surface area contributed by atoms with Crippen molar-refractivity contribution in [3.05, 3.63) is 96.2 Å². The van der Waals surface area contributed by atoms with Gasteiger partial charge in [-0.3, -0.25) is 4.57 Å². The number of benzene rings is 3. The third-order valence-corrected chi connectivity index (χ3v) is 7.28. The highest BCUT2D eigenvalue weighted by molar-refractivity contribution is 6.09. The zero-order valence-electron chi connectivity index (χ0n) is 23.3. The van der Waals surface area contributed by atoms with Gasteiger partial charge in [0.2, 0.25) is 5.88 Å². The number of aromatic nitrogens is 3. The standard InChI is InChI=1S/C34H33N3O2/c1-33(2,3)22-17-21-18-26(34(4,5)6)32(36-31(21)29(38)19-22)39-23-14-15-25-24-11-7-8-12-27(24)37(28(25)20-23)30-13-9-10-16-35-30/h7-20,38H,1-6H3. The molecular formula is C34H33N3O2. The fourth-order valence-corrected chi connectivity index (χ4v) is 5.16. The summed E-state index contributed by atoms with van der Waals surface area (Å²) >= 11 is 0. The first-order chi connectivity index (χ1) is 18.5. The van der Waals surface area contributed by atoms with Gasteiger partial charge < -0.3 is 9.84 Å². The third-order valence-electron chi connectivity index (χ3n) is 7.28. The molecule has 6 aromatic rings. The minimum atomic E-state index is -0.225. The molecule has 0 amide bonds. The van der Waals surface area contributed by atoms with Gasteiger partial charge in [-0.2, -0.15) is 0 Å². The van der Waals surface area contributed by atoms with Crippen LogP contribution in [0.5, 0.6) is 17.4 Å². The maximum absolute atomic E-state index is 11.0. The number of ether oxygens (including phenoxy) is 1. The highest BCUT2D eigenvalue weighted by Gasteiger charge is 2.25. The van der Waals surface area contributed by atoms with Crippen molar-refractivity contribution in [3.63, 3.8) is 0 Å². The molecule has 3 heterocycles. The Morgan fingerprint density at radius 2 is 1.49 bits per heavy atom. The van der Waals surface area contributed by atoms with Crippen molar-refractivity contribution in [2.24, 2.45) is 0 Å². The van der Waals surface area contributed by atoms with Gasteiger partial charge in [0, 0.05) is 34.0 Å². The molecule has 0 saturated heterocycles. The number of nitrogens with zero attached hydrogens (tertiary/aromatic N) is 3. The molecule has 6 rings (SSSR count). The second kappa shape index (κ2) is 8.84. The van der Waals surface area contributed by atoms with E-state index < -0.39 is 0 Å². The Morgan fingerprint density at radius 1 is 0.744 bits per heavy atom. The normalized spacial score (nSPS) is 12.5. The Kier molecular flexibility index (Phi) is 5.65. The third kappa shape index (κ3) is 4.38. The van der Waals surface area contributed by atoms with Crippen molar-refractivity contribution in [2.45, 2.75) is 52.4 Å². The summed E-state index contributed by atoms with van der Waals surface area (Å²) in [7, 11) is 0. The van der Waals surface area contributed by atoms with Crippen molar-refractivity contribution in [2.75, 3.05) is 0 Å². The SMILES string of the molecule is CC(C)(C)c1cc(O)c2nc(Oc3ccc4c5ccccc5n(-c5ccccn5)c4c3)c(C(C)(C)C)cc2c1. The van der Waals surface area contributed by atoms with Gasteiger partial charge in [0.15, 0.2) is 0 Å². The van der Waals surface area contributed by atoms with Crippen LogP contribution < -0.4 is 4.74 Å². The van der Waals surface area contributed by atoms with Crippen LogP contribution in [0.4, 0.5) is 0 Å². The molecule has 0 aliphatic carbocycles. The Balaban J connectivity index is 1.53. The molecule has 0 unspecified atom stereocenters. The summed E-state index contributed by atoms with van der Waals surface area (Å²) in [6, 6.07) is 26.4. The fourth-order valence-electron chi connectivity index (χ4n) is 5.16. The molecule has 1 N–H and O–H groups in total. The number of pyridine rings is 2. The molecule has 0 bridgehead atoms. The Hall–Kier alpha value is -4.38. The average Bonchev–Trinajstić information content (AvgIpc) is 3.21. The van der Waals surface area contributed by atoms with Gasteiger partial charge in [-0.05, 0) is 64.9 Å². The van der Waals surface area contributed by atoms with Gasteiger partial charge in [-0.15, -0.1) is 0 Å². The lowest BCUT2D eigenvalue weighted by molar-refractivity contribution is 0.436. The first kappa shape index (κ1) is 24.9. The monoisotopic (exact) mass is 515 g/mol. The topological polar surface area (TPSA) is 60.2 Å². The molecule has 0 aliphatic rings. The van der Waals surface area contributed by atoms with E-state index in [4.69, 9.17) is 9.72 Å². The number of fused-ring (bicyclic) bond motifs is 4. The van der Waals surface area contributed by atoms with Gasteiger partial charge in [-0.1, -0.05) is 65.8 Å². The number of para-hydroxylation sites is 1. The summed E-state index contributed by atoms with van der Waals surface area (Å²) in [6.45, 7) is 12.9. The van der Waals surface area contributed by atoms with Gasteiger partial charge in [0.05, 0.1) is 11.0 Å². The summed E-state index contributed by atoms with van der Waals surface area (Å²) in [5.74, 6) is 2.17. The molecule has 0 radical (unpaired) electrons. The van der Waals surface area contributed by atoms with Crippen LogP contribution in [0.25, 0.3) is 38.5 Å². The highest BCUT2D eigenvalue weighted by atomic mass is 16.5. The van der Waals surface area contributed by atoms with Crippen molar-refractivity contribution in [3.8, 4) is 23.2 Å². The highest BCUT2D eigenvalue weighted by Crippen LogP contribution is 2.40. The zero-order valence-corrected chi connectivity index (χ0v) is 23.3. The van der Waals surface area contributed by atoms with E-state index in [-0.39, 0.29) is 16.6 Å². The molecule has 39 heavy (non-hydrogen) atoms. The number of rotatable bonds is 3. The molecule has 196 valence electrons. The van der Waals surface area contributed by atoms with E-state index in [0.717, 1.165) is 44.1 Å². The molecule has 0 spiro atoms. The van der Waals surface area contributed by atoms with E-state index >= 15 is 0 Å². The van der Waals surface area contributed by atoms with E-state index in [2.05, 4.69) is 87.5 Å². The lowest BCUT2D eigenvalue weighted by Gasteiger charge is -2.24. The predicted octanol–water partition coefficient (Wildman–Crippen LogP) is 8.82. The van der Waals surface area contributed by atoms with Crippen molar-refractivity contribution in [1.82, 2.24) is 14.5 Å². The molecule has 0 saturated carbocycles. The van der Waals surface area contributed by atoms with E-state index in [9.17, 15) is 5.11 Å². The lowest BCUT2D eigenvalue weighted by atomic mass is 9.84. The first-order valence-corrected chi connectivity index (χ1v) is 13.3. The van der Waals surface area contributed by atoms with Gasteiger partial charge in [0.1, 0.15) is 22.8 Å². The van der Waals surface area contributed by atoms with Crippen LogP contribution in [0.1, 0.15) is 52.7 Å². The van der Waals surface area contributed by atoms with Crippen LogP contribution in [-0.2, 0) is 10.8 Å². The summed E-state index contributed by atoms with van der Waals surface area (Å²) in [5.41, 5.74) is 4.35. The van der Waals surface area contributed by atoms with Crippen molar-refractivity contribution >= 4 is 32.7 Å². The summed E-state index contributed by atoms with van der Waals surface area (Å²) in [5, 5.41) is 14.1. The largest absolute Gasteiger partial charge is 0.506 e. The minimum Gasteiger partial charge on any atom is -0.506 e. The molecule has 5 nitrogen and oxygen atoms in total. The molecule has 5 heteroatoms. The number of phenols is 1. The minimum absolute atomic E-state index is 0.0930. The van der Waals surface area contributed by atoms with E-state index in [1.165, 1.54) is 0 Å². The molecule has 0 atom stereocenters. The summed E-state index contributed by atoms with van der Waals surface area (Å²) in [6.07, 6.45) is 1.81. The van der Waals surface area contributed by atoms with Crippen LogP contribution in [0.15, 0.2) is 85.1 Å². The van der Waals surface area contributed by atoms with Gasteiger partial charge in [0.25, 0.3) is 0 Å². The summed E-state index contributed by atoms with van der Waals surface area (Å²) in [4.78, 5) is 9.50. The van der Waals surface area contributed by atoms with Crippen LogP contribution in [0.2, 0.25) is 0 Å². The number of hydrogen-bond donors (Lipinski definition) is 1. The van der Waals surface area contributed by atoms with Crippen molar-refractivity contribution < 1.29 is 9.84 Å². The number of hydrogen-bond acceptors (Lipinski definition) is 4. The van der Waals surface area contributed by atoms with Gasteiger partial charge in [-0.25, -0.2) is 9.97 Å². The van der Waals surface area contributed by atoms with Crippen LogP contribution in [-0.4, -0.2) is 19.6 Å². The first-order valence-electron chi connectivity index (χ1n) is 13.3. The van der Waals surface area contributed by atoms with E-state index in [1.54, 1.807) is 0 Å². The van der Waals surface area contributed by atoms with Crippen LogP contribution in [0.3, 0.4) is 0 Å². The van der Waals surface area contributed by atoms with Gasteiger partial charge >= 0.3 is 0 Å². The summed E-state index contributed by atoms with van der Waals surface area (Å²) < 4.78 is 8.70. The van der Waals surface area contributed by atoms with Crippen LogP contribution in [0, 0.1) is 0 Å². The molecule has 3 aromatic heterocycles. The molecule has 0 aliphatic heterocycles. The average molecular weight is 516 g/mol. The molecule has 3 aromatic carbocycles.